The second-order valence-corrected chi connectivity index (χ2v) is 11.8. The van der Waals surface area contributed by atoms with E-state index in [0.717, 1.165) is 0 Å². The molecule has 234 valence electrons. The van der Waals surface area contributed by atoms with Crippen molar-refractivity contribution in [2.45, 2.75) is 116 Å². The summed E-state index contributed by atoms with van der Waals surface area (Å²) in [4.78, 5) is 12.8. The molecule has 0 aromatic carbocycles. The van der Waals surface area contributed by atoms with Gasteiger partial charge in [-0.05, 0) is 44.9 Å². The van der Waals surface area contributed by atoms with Crippen molar-refractivity contribution in [1.82, 2.24) is 0 Å². The lowest BCUT2D eigenvalue weighted by atomic mass is 9.91. The monoisotopic (exact) mass is 578 g/mol. The molecule has 1 heterocycles. The minimum Gasteiger partial charge on any atom is -0.461 e. The molecule has 0 unspecified atom stereocenters. The molecule has 0 aromatic heterocycles. The molecule has 8 heteroatoms. The highest BCUT2D eigenvalue weighted by Gasteiger charge is 2.30. The Morgan fingerprint density at radius 1 is 0.683 bits per heavy atom. The Kier molecular flexibility index (Phi) is 18.0. The third-order valence-corrected chi connectivity index (χ3v) is 7.67. The van der Waals surface area contributed by atoms with Crippen LogP contribution in [0.25, 0.3) is 0 Å². The van der Waals surface area contributed by atoms with Gasteiger partial charge in [0.15, 0.2) is 0 Å². The van der Waals surface area contributed by atoms with Gasteiger partial charge in [-0.1, -0.05) is 88.5 Å². The van der Waals surface area contributed by atoms with Crippen LogP contribution in [-0.4, -0.2) is 79.3 Å². The summed E-state index contributed by atoms with van der Waals surface area (Å²) in [6, 6.07) is 0. The summed E-state index contributed by atoms with van der Waals surface area (Å²) in [5.41, 5.74) is 0. The molecule has 6 N–H and O–H groups in total. The molecular weight excluding hydrogens is 524 g/mol. The van der Waals surface area contributed by atoms with Crippen LogP contribution in [0.2, 0.25) is 0 Å². The van der Waals surface area contributed by atoms with E-state index in [1.807, 2.05) is 63.3 Å². The fourth-order valence-corrected chi connectivity index (χ4v) is 4.78. The third kappa shape index (κ3) is 15.1. The van der Waals surface area contributed by atoms with E-state index in [1.165, 1.54) is 0 Å². The number of aliphatic hydroxyl groups excluding tert-OH is 6. The Labute approximate surface area is 246 Å². The number of allylic oxidation sites excluding steroid dienone is 8. The molecule has 41 heavy (non-hydrogen) atoms. The smallest absolute Gasteiger partial charge is 0.311 e. The Bertz CT molecular complexity index is 876. The highest BCUT2D eigenvalue weighted by atomic mass is 16.5. The molecule has 0 bridgehead atoms. The van der Waals surface area contributed by atoms with Gasteiger partial charge in [-0.2, -0.15) is 0 Å². The van der Waals surface area contributed by atoms with Crippen LogP contribution in [0.5, 0.6) is 0 Å². The van der Waals surface area contributed by atoms with Crippen molar-refractivity contribution in [1.29, 1.82) is 0 Å². The Morgan fingerprint density at radius 2 is 1.17 bits per heavy atom. The van der Waals surface area contributed by atoms with Gasteiger partial charge in [-0.3, -0.25) is 4.79 Å². The number of hydrogen-bond acceptors (Lipinski definition) is 8. The van der Waals surface area contributed by atoms with Crippen molar-refractivity contribution in [2.75, 3.05) is 0 Å². The molecule has 0 aliphatic carbocycles. The summed E-state index contributed by atoms with van der Waals surface area (Å²) < 4.78 is 5.79. The van der Waals surface area contributed by atoms with E-state index in [0.29, 0.717) is 19.3 Å². The SMILES string of the molecule is CC(C)[C@@H]1OC(=O)[C@@H](C)[C@H](O)C[C@H](O)CCC[C@H](O)C[C@H](O)C[C@H](O)[C@H](C)[C@@H](O)/C=C/C=C/C=C/C=C/C=C/[C@H]1C. The van der Waals surface area contributed by atoms with E-state index in [-0.39, 0.29) is 37.2 Å². The zero-order chi connectivity index (χ0) is 30.9. The Morgan fingerprint density at radius 3 is 1.73 bits per heavy atom. The number of hydrogen-bond donors (Lipinski definition) is 6. The molecule has 8 nitrogen and oxygen atoms in total. The maximum Gasteiger partial charge on any atom is 0.311 e. The Balaban J connectivity index is 2.99. The van der Waals surface area contributed by atoms with Crippen molar-refractivity contribution in [2.24, 2.45) is 23.7 Å². The van der Waals surface area contributed by atoms with Crippen LogP contribution < -0.4 is 0 Å². The summed E-state index contributed by atoms with van der Waals surface area (Å²) in [7, 11) is 0. The molecule has 0 saturated heterocycles. The fraction of sp³-hybridized carbons (Fsp3) is 0.667. The highest BCUT2D eigenvalue weighted by Crippen LogP contribution is 2.23. The lowest BCUT2D eigenvalue weighted by molar-refractivity contribution is -0.162. The number of carbonyl (C=O) groups is 1. The van der Waals surface area contributed by atoms with Gasteiger partial charge in [0.25, 0.3) is 0 Å². The van der Waals surface area contributed by atoms with Crippen LogP contribution in [0.1, 0.15) is 73.1 Å². The maximum atomic E-state index is 12.8. The number of cyclic esters (lactones) is 1. The molecule has 10 atom stereocenters. The average molecular weight is 579 g/mol. The number of aliphatic hydroxyl groups is 6. The Hall–Kier alpha value is -2.07. The molecule has 1 rings (SSSR count). The van der Waals surface area contributed by atoms with Gasteiger partial charge in [0, 0.05) is 18.3 Å². The molecule has 1 aliphatic heterocycles. The minimum atomic E-state index is -1.08. The van der Waals surface area contributed by atoms with Gasteiger partial charge in [0.2, 0.25) is 0 Å². The van der Waals surface area contributed by atoms with Crippen LogP contribution in [0.4, 0.5) is 0 Å². The van der Waals surface area contributed by atoms with Crippen molar-refractivity contribution < 1.29 is 40.2 Å². The van der Waals surface area contributed by atoms with Gasteiger partial charge >= 0.3 is 5.97 Å². The number of ether oxygens (including phenoxy) is 1. The topological polar surface area (TPSA) is 148 Å². The van der Waals surface area contributed by atoms with Crippen LogP contribution in [0.3, 0.4) is 0 Å². The van der Waals surface area contributed by atoms with Gasteiger partial charge in [-0.15, -0.1) is 0 Å². The lowest BCUT2D eigenvalue weighted by Crippen LogP contribution is -2.36. The molecule has 0 saturated carbocycles. The van der Waals surface area contributed by atoms with E-state index in [1.54, 1.807) is 32.1 Å². The van der Waals surface area contributed by atoms with Crippen LogP contribution in [-0.2, 0) is 9.53 Å². The normalized spacial score (nSPS) is 40.4. The zero-order valence-electron chi connectivity index (χ0n) is 25.4. The number of esters is 1. The van der Waals surface area contributed by atoms with Crippen molar-refractivity contribution in [3.63, 3.8) is 0 Å². The third-order valence-electron chi connectivity index (χ3n) is 7.67. The summed E-state index contributed by atoms with van der Waals surface area (Å²) in [5, 5.41) is 62.5. The van der Waals surface area contributed by atoms with Crippen LogP contribution >= 0.6 is 0 Å². The van der Waals surface area contributed by atoms with E-state index >= 15 is 0 Å². The van der Waals surface area contributed by atoms with Gasteiger partial charge in [0.1, 0.15) is 6.10 Å². The first-order valence-corrected chi connectivity index (χ1v) is 15.0. The molecule has 0 radical (unpaired) electrons. The first-order chi connectivity index (χ1) is 19.3. The van der Waals surface area contributed by atoms with E-state index < -0.39 is 54.4 Å². The summed E-state index contributed by atoms with van der Waals surface area (Å²) in [6.07, 6.45) is 13.4. The van der Waals surface area contributed by atoms with E-state index in [2.05, 4.69) is 0 Å². The van der Waals surface area contributed by atoms with Crippen molar-refractivity contribution in [3.8, 4) is 0 Å². The molecule has 0 spiro atoms. The van der Waals surface area contributed by atoms with Crippen LogP contribution in [0, 0.1) is 23.7 Å². The van der Waals surface area contributed by atoms with Gasteiger partial charge in [0.05, 0.1) is 42.5 Å². The van der Waals surface area contributed by atoms with Crippen LogP contribution in [0.15, 0.2) is 60.8 Å². The standard InChI is InChI=1S/C33H54O8/c1-22(2)32-23(3)15-12-10-8-6-7-9-11-13-18-29(37)24(4)30(38)21-28(36)19-26(34)16-14-17-27(35)20-31(39)25(5)33(40)41-32/h6-13,15,18,22-32,34-39H,14,16-17,19-21H2,1-5H3/b7-6+,10-8+,11-9+,15-12+,18-13+/t23-,24-,25+,26+,27-,28+,29+,30+,31-,32+/m1/s1. The van der Waals surface area contributed by atoms with Crippen molar-refractivity contribution in [3.05, 3.63) is 60.8 Å². The summed E-state index contributed by atoms with van der Waals surface area (Å²) in [5.74, 6) is -1.83. The average Bonchev–Trinajstić information content (AvgIpc) is 2.90. The zero-order valence-corrected chi connectivity index (χ0v) is 25.4. The quantitative estimate of drug-likeness (QED) is 0.258. The van der Waals surface area contributed by atoms with Gasteiger partial charge < -0.3 is 35.4 Å². The number of carbonyl (C=O) groups excluding carboxylic acids is 1. The second-order valence-electron chi connectivity index (χ2n) is 11.8. The predicted octanol–water partition coefficient (Wildman–Crippen LogP) is 3.76. The minimum absolute atomic E-state index is 0.00510. The summed E-state index contributed by atoms with van der Waals surface area (Å²) >= 11 is 0. The highest BCUT2D eigenvalue weighted by molar-refractivity contribution is 5.73. The molecule has 0 aromatic rings. The first kappa shape index (κ1) is 37.0. The fourth-order valence-electron chi connectivity index (χ4n) is 4.78. The van der Waals surface area contributed by atoms with Crippen molar-refractivity contribution >= 4 is 5.97 Å². The lowest BCUT2D eigenvalue weighted by Gasteiger charge is -2.28. The number of rotatable bonds is 1. The van der Waals surface area contributed by atoms with E-state index in [9.17, 15) is 35.4 Å². The molecule has 0 fully saturated rings. The predicted molar refractivity (Wildman–Crippen MR) is 162 cm³/mol. The first-order valence-electron chi connectivity index (χ1n) is 15.0. The second kappa shape index (κ2) is 19.9. The molecule has 0 amide bonds. The van der Waals surface area contributed by atoms with E-state index in [4.69, 9.17) is 4.74 Å². The maximum absolute atomic E-state index is 12.8. The summed E-state index contributed by atoms with van der Waals surface area (Å²) in [6.45, 7) is 9.22. The molecular formula is C33H54O8. The largest absolute Gasteiger partial charge is 0.461 e. The van der Waals surface area contributed by atoms with Gasteiger partial charge in [-0.25, -0.2) is 0 Å². The molecule has 1 aliphatic rings.